The molecule has 7 heteroatoms. The van der Waals surface area contributed by atoms with Gasteiger partial charge in [-0.2, -0.15) is 0 Å². The van der Waals surface area contributed by atoms with Crippen LogP contribution < -0.4 is 5.32 Å². The number of nitrogens with zero attached hydrogens (tertiary/aromatic N) is 2. The summed E-state index contributed by atoms with van der Waals surface area (Å²) in [6, 6.07) is 10.2. The van der Waals surface area contributed by atoms with Crippen molar-refractivity contribution in [1.29, 1.82) is 0 Å². The molecule has 3 saturated heterocycles. The Morgan fingerprint density at radius 2 is 2.00 bits per heavy atom. The quantitative estimate of drug-likeness (QED) is 0.854. The predicted octanol–water partition coefficient (Wildman–Crippen LogP) is 1.03. The smallest absolute Gasteiger partial charge is 0.410 e. The number of carbonyl (C=O) groups is 2. The van der Waals surface area contributed by atoms with E-state index >= 15 is 0 Å². The third-order valence-corrected chi connectivity index (χ3v) is 5.74. The van der Waals surface area contributed by atoms with Gasteiger partial charge in [-0.1, -0.05) is 30.3 Å². The number of likely N-dealkylation sites (tertiary alicyclic amines) is 1. The number of amides is 2. The SMILES string of the molecule is O=C1OC2(CCN(C(=O)[C@H]3CNCCO3)CC2)CN1CCc1ccccc1. The molecule has 0 aromatic heterocycles. The number of benzene rings is 1. The Labute approximate surface area is 159 Å². The van der Waals surface area contributed by atoms with Gasteiger partial charge in [-0.3, -0.25) is 4.79 Å². The molecule has 7 nitrogen and oxygen atoms in total. The first-order valence-corrected chi connectivity index (χ1v) is 9.78. The van der Waals surface area contributed by atoms with E-state index in [1.54, 1.807) is 4.90 Å². The molecule has 0 aliphatic carbocycles. The maximum Gasteiger partial charge on any atom is 0.410 e. The molecule has 0 unspecified atom stereocenters. The van der Waals surface area contributed by atoms with Crippen molar-refractivity contribution in [2.45, 2.75) is 31.0 Å². The van der Waals surface area contributed by atoms with E-state index in [9.17, 15) is 9.59 Å². The lowest BCUT2D eigenvalue weighted by Crippen LogP contribution is -2.54. The van der Waals surface area contributed by atoms with Crippen molar-refractivity contribution in [3.8, 4) is 0 Å². The Hall–Kier alpha value is -2.12. The number of hydrogen-bond acceptors (Lipinski definition) is 5. The van der Waals surface area contributed by atoms with Crippen molar-refractivity contribution < 1.29 is 19.1 Å². The Balaban J connectivity index is 1.29. The number of hydrogen-bond donors (Lipinski definition) is 1. The molecule has 1 atom stereocenters. The number of piperidine rings is 1. The number of nitrogens with one attached hydrogen (secondary N) is 1. The van der Waals surface area contributed by atoms with Crippen LogP contribution >= 0.6 is 0 Å². The second kappa shape index (κ2) is 7.86. The normalized spacial score (nSPS) is 24.9. The Bertz CT molecular complexity index is 667. The summed E-state index contributed by atoms with van der Waals surface area (Å²) in [7, 11) is 0. The maximum absolute atomic E-state index is 12.6. The fourth-order valence-corrected chi connectivity index (χ4v) is 4.10. The van der Waals surface area contributed by atoms with Gasteiger partial charge in [0.2, 0.25) is 0 Å². The van der Waals surface area contributed by atoms with Gasteiger partial charge in [-0.25, -0.2) is 4.79 Å². The van der Waals surface area contributed by atoms with Gasteiger partial charge in [0.1, 0.15) is 11.7 Å². The first kappa shape index (κ1) is 18.3. The van der Waals surface area contributed by atoms with Crippen molar-refractivity contribution in [2.24, 2.45) is 0 Å². The summed E-state index contributed by atoms with van der Waals surface area (Å²) >= 11 is 0. The van der Waals surface area contributed by atoms with Crippen molar-refractivity contribution in [1.82, 2.24) is 15.1 Å². The average molecular weight is 373 g/mol. The maximum atomic E-state index is 12.6. The lowest BCUT2D eigenvalue weighted by molar-refractivity contribution is -0.148. The summed E-state index contributed by atoms with van der Waals surface area (Å²) < 4.78 is 11.3. The molecule has 27 heavy (non-hydrogen) atoms. The van der Waals surface area contributed by atoms with Gasteiger partial charge < -0.3 is 24.6 Å². The Morgan fingerprint density at radius 3 is 2.70 bits per heavy atom. The minimum absolute atomic E-state index is 0.0438. The van der Waals surface area contributed by atoms with Gasteiger partial charge in [-0.15, -0.1) is 0 Å². The van der Waals surface area contributed by atoms with Crippen LogP contribution in [-0.2, 0) is 20.7 Å². The summed E-state index contributed by atoms with van der Waals surface area (Å²) in [5.41, 5.74) is 0.767. The lowest BCUT2D eigenvalue weighted by atomic mass is 9.91. The highest BCUT2D eigenvalue weighted by atomic mass is 16.6. The molecule has 3 aliphatic rings. The molecular formula is C20H27N3O4. The predicted molar refractivity (Wildman–Crippen MR) is 99.4 cm³/mol. The molecule has 3 fully saturated rings. The van der Waals surface area contributed by atoms with E-state index in [1.807, 2.05) is 23.1 Å². The van der Waals surface area contributed by atoms with E-state index in [2.05, 4.69) is 17.4 Å². The topological polar surface area (TPSA) is 71.1 Å². The molecule has 3 aliphatic heterocycles. The standard InChI is InChI=1S/C20H27N3O4/c24-18(17-14-21-9-13-26-17)22-11-7-20(8-12-22)15-23(19(25)27-20)10-6-16-4-2-1-3-5-16/h1-5,17,21H,6-15H2/t17-/m1/s1. The zero-order chi connectivity index (χ0) is 18.7. The monoisotopic (exact) mass is 373 g/mol. The molecule has 4 rings (SSSR count). The molecule has 0 saturated carbocycles. The summed E-state index contributed by atoms with van der Waals surface area (Å²) in [4.78, 5) is 28.6. The van der Waals surface area contributed by atoms with Gasteiger partial charge in [-0.05, 0) is 12.0 Å². The van der Waals surface area contributed by atoms with Crippen LogP contribution in [-0.4, -0.2) is 79.4 Å². The minimum Gasteiger partial charge on any atom is -0.441 e. The average Bonchev–Trinajstić information content (AvgIpc) is 3.03. The van der Waals surface area contributed by atoms with Crippen LogP contribution in [0.1, 0.15) is 18.4 Å². The third kappa shape index (κ3) is 4.09. The van der Waals surface area contributed by atoms with E-state index in [0.717, 1.165) is 13.0 Å². The Kier molecular flexibility index (Phi) is 5.31. The second-order valence-electron chi connectivity index (χ2n) is 7.60. The highest BCUT2D eigenvalue weighted by Gasteiger charge is 2.47. The van der Waals surface area contributed by atoms with Gasteiger partial charge >= 0.3 is 6.09 Å². The van der Waals surface area contributed by atoms with Crippen LogP contribution in [0, 0.1) is 0 Å². The molecule has 0 bridgehead atoms. The van der Waals surface area contributed by atoms with Crippen LogP contribution in [0.2, 0.25) is 0 Å². The van der Waals surface area contributed by atoms with E-state index in [1.165, 1.54) is 5.56 Å². The summed E-state index contributed by atoms with van der Waals surface area (Å²) in [5.74, 6) is 0.0438. The molecule has 3 heterocycles. The van der Waals surface area contributed by atoms with Crippen LogP contribution in [0.3, 0.4) is 0 Å². The molecule has 1 spiro atoms. The molecule has 2 amide bonds. The second-order valence-corrected chi connectivity index (χ2v) is 7.60. The number of rotatable bonds is 4. The van der Waals surface area contributed by atoms with Gasteiger partial charge in [0, 0.05) is 45.6 Å². The summed E-state index contributed by atoms with van der Waals surface area (Å²) in [5, 5.41) is 3.19. The van der Waals surface area contributed by atoms with Crippen LogP contribution in [0.25, 0.3) is 0 Å². The van der Waals surface area contributed by atoms with E-state index in [-0.39, 0.29) is 18.1 Å². The summed E-state index contributed by atoms with van der Waals surface area (Å²) in [6.45, 7) is 4.43. The van der Waals surface area contributed by atoms with Gasteiger partial charge in [0.05, 0.1) is 13.2 Å². The van der Waals surface area contributed by atoms with E-state index < -0.39 is 5.60 Å². The van der Waals surface area contributed by atoms with Gasteiger partial charge in [0.15, 0.2) is 0 Å². The highest BCUT2D eigenvalue weighted by Crippen LogP contribution is 2.33. The molecule has 146 valence electrons. The largest absolute Gasteiger partial charge is 0.441 e. The highest BCUT2D eigenvalue weighted by molar-refractivity contribution is 5.81. The van der Waals surface area contributed by atoms with Crippen molar-refractivity contribution in [3.63, 3.8) is 0 Å². The van der Waals surface area contributed by atoms with Crippen molar-refractivity contribution in [2.75, 3.05) is 45.9 Å². The number of carbonyl (C=O) groups excluding carboxylic acids is 2. The molecular weight excluding hydrogens is 346 g/mol. The molecule has 1 N–H and O–H groups in total. The Morgan fingerprint density at radius 1 is 1.22 bits per heavy atom. The van der Waals surface area contributed by atoms with Gasteiger partial charge in [0.25, 0.3) is 5.91 Å². The zero-order valence-electron chi connectivity index (χ0n) is 15.6. The minimum atomic E-state index is -0.448. The lowest BCUT2D eigenvalue weighted by Gasteiger charge is -2.39. The number of ether oxygens (including phenoxy) is 2. The third-order valence-electron chi connectivity index (χ3n) is 5.74. The zero-order valence-corrected chi connectivity index (χ0v) is 15.6. The molecule has 1 aromatic rings. The van der Waals surface area contributed by atoms with Crippen LogP contribution in [0.15, 0.2) is 30.3 Å². The number of morpholine rings is 1. The van der Waals surface area contributed by atoms with E-state index in [4.69, 9.17) is 9.47 Å². The van der Waals surface area contributed by atoms with Crippen LogP contribution in [0.4, 0.5) is 4.79 Å². The van der Waals surface area contributed by atoms with Crippen LogP contribution in [0.5, 0.6) is 0 Å². The first-order valence-electron chi connectivity index (χ1n) is 9.78. The molecule has 0 radical (unpaired) electrons. The fraction of sp³-hybridized carbons (Fsp3) is 0.600. The van der Waals surface area contributed by atoms with Crippen molar-refractivity contribution in [3.05, 3.63) is 35.9 Å². The van der Waals surface area contributed by atoms with Crippen molar-refractivity contribution >= 4 is 12.0 Å². The van der Waals surface area contributed by atoms with E-state index in [0.29, 0.717) is 52.2 Å². The fourth-order valence-electron chi connectivity index (χ4n) is 4.10. The molecule has 1 aromatic carbocycles. The first-order chi connectivity index (χ1) is 13.2. The summed E-state index contributed by atoms with van der Waals surface area (Å²) in [6.07, 6.45) is 1.58.